The molecule has 2 saturated heterocycles. The molecule has 2 fully saturated rings. The number of hydrogen-bond donors (Lipinski definition) is 1. The number of alkyl halides is 1. The topological polar surface area (TPSA) is 38.7 Å². The Bertz CT molecular complexity index is 363. The molecule has 6 atom stereocenters. The first-order chi connectivity index (χ1) is 9.15. The number of rotatable bonds is 3. The first-order valence-electron chi connectivity index (χ1n) is 6.89. The zero-order valence-electron chi connectivity index (χ0n) is 11.2. The zero-order valence-corrected chi connectivity index (χ0v) is 12.8. The molecule has 2 heterocycles. The van der Waals surface area contributed by atoms with Crippen LogP contribution in [0, 0.1) is 12.3 Å². The fraction of sp³-hybridized carbons (Fsp3) is 0.733. The minimum absolute atomic E-state index is 0.00361. The summed E-state index contributed by atoms with van der Waals surface area (Å²) in [6, 6.07) is 0. The van der Waals surface area contributed by atoms with Gasteiger partial charge in [0, 0.05) is 11.2 Å². The second-order valence-corrected chi connectivity index (χ2v) is 6.37. The average molecular weight is 329 g/mol. The van der Waals surface area contributed by atoms with Crippen LogP contribution in [0.25, 0.3) is 0 Å². The summed E-state index contributed by atoms with van der Waals surface area (Å²) < 4.78 is 12.1. The quantitative estimate of drug-likeness (QED) is 0.638. The van der Waals surface area contributed by atoms with E-state index in [2.05, 4.69) is 28.8 Å². The molecule has 106 valence electrons. The molecule has 2 bridgehead atoms. The van der Waals surface area contributed by atoms with Gasteiger partial charge in [-0.15, -0.1) is 6.42 Å². The SMILES string of the molecule is C#C/C=C/C[C@@H]1O[C@@H]2C[C@H]1O[C@H](CC)[C@@H](Br)C[C@H]2O. The molecule has 0 radical (unpaired) electrons. The highest BCUT2D eigenvalue weighted by molar-refractivity contribution is 9.09. The Kier molecular flexibility index (Phi) is 5.47. The Balaban J connectivity index is 2.07. The van der Waals surface area contributed by atoms with Gasteiger partial charge >= 0.3 is 0 Å². The van der Waals surface area contributed by atoms with Crippen molar-refractivity contribution in [1.82, 2.24) is 0 Å². The average Bonchev–Trinajstić information content (AvgIpc) is 2.79. The van der Waals surface area contributed by atoms with Crippen molar-refractivity contribution >= 4 is 15.9 Å². The molecule has 0 saturated carbocycles. The van der Waals surface area contributed by atoms with Crippen LogP contribution in [0.4, 0.5) is 0 Å². The summed E-state index contributed by atoms with van der Waals surface area (Å²) in [5.41, 5.74) is 0. The Morgan fingerprint density at radius 3 is 2.74 bits per heavy atom. The number of aliphatic hydroxyl groups is 1. The van der Waals surface area contributed by atoms with Crippen LogP contribution >= 0.6 is 15.9 Å². The van der Waals surface area contributed by atoms with Crippen molar-refractivity contribution in [2.24, 2.45) is 0 Å². The molecule has 19 heavy (non-hydrogen) atoms. The third-order valence-electron chi connectivity index (χ3n) is 3.86. The van der Waals surface area contributed by atoms with E-state index in [9.17, 15) is 5.11 Å². The predicted octanol–water partition coefficient (Wildman–Crippen LogP) is 2.42. The maximum atomic E-state index is 10.2. The van der Waals surface area contributed by atoms with Crippen molar-refractivity contribution in [2.45, 2.75) is 68.0 Å². The highest BCUT2D eigenvalue weighted by Crippen LogP contribution is 2.35. The molecule has 3 nitrogen and oxygen atoms in total. The van der Waals surface area contributed by atoms with E-state index in [1.807, 2.05) is 6.08 Å². The lowest BCUT2D eigenvalue weighted by atomic mass is 9.97. The van der Waals surface area contributed by atoms with E-state index < -0.39 is 6.10 Å². The molecule has 0 unspecified atom stereocenters. The van der Waals surface area contributed by atoms with E-state index in [1.165, 1.54) is 0 Å². The van der Waals surface area contributed by atoms with Crippen molar-refractivity contribution in [2.75, 3.05) is 0 Å². The molecule has 1 N–H and O–H groups in total. The van der Waals surface area contributed by atoms with Gasteiger partial charge in [0.25, 0.3) is 0 Å². The van der Waals surface area contributed by atoms with Crippen LogP contribution in [0.2, 0.25) is 0 Å². The predicted molar refractivity (Wildman–Crippen MR) is 78.2 cm³/mol. The molecule has 2 aliphatic rings. The molecule has 0 aromatic rings. The number of hydrogen-bond acceptors (Lipinski definition) is 3. The molecular weight excluding hydrogens is 308 g/mol. The standard InChI is InChI=1S/C15H21BrO3/c1-3-5-6-7-13-15-9-14(19-13)11(17)8-10(16)12(4-2)18-15/h1,5-6,10-15,17H,4,7-9H2,2H3/b6-5+/t10-,11+,12+,13-,14+,15+/m0/s1. The van der Waals surface area contributed by atoms with Gasteiger partial charge in [0.05, 0.1) is 30.5 Å². The maximum absolute atomic E-state index is 10.2. The van der Waals surface area contributed by atoms with Crippen LogP contribution in [-0.2, 0) is 9.47 Å². The van der Waals surface area contributed by atoms with Gasteiger partial charge in [-0.1, -0.05) is 34.9 Å². The second-order valence-electron chi connectivity index (χ2n) is 5.19. The molecule has 0 spiro atoms. The molecule has 0 aromatic heterocycles. The normalized spacial score (nSPS) is 42.8. The summed E-state index contributed by atoms with van der Waals surface area (Å²) in [6.45, 7) is 2.10. The fourth-order valence-corrected chi connectivity index (χ4v) is 3.69. The molecule has 0 amide bonds. The van der Waals surface area contributed by atoms with E-state index in [4.69, 9.17) is 15.9 Å². The summed E-state index contributed by atoms with van der Waals surface area (Å²) in [4.78, 5) is 0.182. The molecule has 0 aromatic carbocycles. The molecular formula is C15H21BrO3. The number of terminal acetylenes is 1. The zero-order chi connectivity index (χ0) is 13.8. The summed E-state index contributed by atoms with van der Waals surface area (Å²) in [5.74, 6) is 2.48. The summed E-state index contributed by atoms with van der Waals surface area (Å²) in [6.07, 6.45) is 11.6. The molecule has 0 aliphatic carbocycles. The number of ether oxygens (including phenoxy) is 2. The molecule has 2 rings (SSSR count). The Morgan fingerprint density at radius 1 is 1.32 bits per heavy atom. The lowest BCUT2D eigenvalue weighted by Crippen LogP contribution is -2.38. The van der Waals surface area contributed by atoms with E-state index in [1.54, 1.807) is 6.08 Å². The van der Waals surface area contributed by atoms with E-state index in [0.717, 1.165) is 19.3 Å². The van der Waals surface area contributed by atoms with Crippen LogP contribution in [-0.4, -0.2) is 40.5 Å². The van der Waals surface area contributed by atoms with Gasteiger partial charge in [0.1, 0.15) is 0 Å². The first kappa shape index (κ1) is 15.1. The Labute approximate surface area is 123 Å². The van der Waals surface area contributed by atoms with Crippen molar-refractivity contribution in [1.29, 1.82) is 0 Å². The van der Waals surface area contributed by atoms with Crippen LogP contribution in [0.15, 0.2) is 12.2 Å². The fourth-order valence-electron chi connectivity index (χ4n) is 2.81. The minimum atomic E-state index is -0.425. The summed E-state index contributed by atoms with van der Waals surface area (Å²) in [5, 5.41) is 10.2. The Hall–Kier alpha value is -0.340. The molecule has 2 aliphatic heterocycles. The highest BCUT2D eigenvalue weighted by atomic mass is 79.9. The van der Waals surface area contributed by atoms with E-state index >= 15 is 0 Å². The minimum Gasteiger partial charge on any atom is -0.390 e. The highest BCUT2D eigenvalue weighted by Gasteiger charge is 2.43. The van der Waals surface area contributed by atoms with Gasteiger partial charge in [-0.25, -0.2) is 0 Å². The number of allylic oxidation sites excluding steroid dienone is 1. The van der Waals surface area contributed by atoms with E-state index in [-0.39, 0.29) is 29.2 Å². The lowest BCUT2D eigenvalue weighted by molar-refractivity contribution is -0.0532. The van der Waals surface area contributed by atoms with E-state index in [0.29, 0.717) is 6.42 Å². The lowest BCUT2D eigenvalue weighted by Gasteiger charge is -2.30. The third kappa shape index (κ3) is 3.61. The van der Waals surface area contributed by atoms with Crippen molar-refractivity contribution < 1.29 is 14.6 Å². The van der Waals surface area contributed by atoms with Gasteiger partial charge in [0.15, 0.2) is 0 Å². The van der Waals surface area contributed by atoms with Crippen molar-refractivity contribution in [3.05, 3.63) is 12.2 Å². The van der Waals surface area contributed by atoms with Gasteiger partial charge in [0.2, 0.25) is 0 Å². The van der Waals surface area contributed by atoms with Gasteiger partial charge in [-0.2, -0.15) is 0 Å². The maximum Gasteiger partial charge on any atom is 0.0877 e. The van der Waals surface area contributed by atoms with Gasteiger partial charge in [-0.05, 0) is 25.3 Å². The number of halogens is 1. The van der Waals surface area contributed by atoms with Gasteiger partial charge in [-0.3, -0.25) is 0 Å². The molecule has 4 heteroatoms. The smallest absolute Gasteiger partial charge is 0.0877 e. The third-order valence-corrected chi connectivity index (χ3v) is 4.83. The van der Waals surface area contributed by atoms with Gasteiger partial charge < -0.3 is 14.6 Å². The second kappa shape index (κ2) is 6.90. The van der Waals surface area contributed by atoms with Crippen LogP contribution in [0.3, 0.4) is 0 Å². The van der Waals surface area contributed by atoms with Crippen LogP contribution in [0.5, 0.6) is 0 Å². The number of fused-ring (bicyclic) bond motifs is 2. The Morgan fingerprint density at radius 2 is 2.05 bits per heavy atom. The van der Waals surface area contributed by atoms with Crippen molar-refractivity contribution in [3.8, 4) is 12.3 Å². The number of aliphatic hydroxyl groups excluding tert-OH is 1. The largest absolute Gasteiger partial charge is 0.390 e. The van der Waals surface area contributed by atoms with Crippen LogP contribution in [0.1, 0.15) is 32.6 Å². The first-order valence-corrected chi connectivity index (χ1v) is 7.81. The summed E-state index contributed by atoms with van der Waals surface area (Å²) >= 11 is 3.63. The van der Waals surface area contributed by atoms with Crippen LogP contribution < -0.4 is 0 Å². The van der Waals surface area contributed by atoms with Crippen molar-refractivity contribution in [3.63, 3.8) is 0 Å². The summed E-state index contributed by atoms with van der Waals surface area (Å²) in [7, 11) is 0. The monoisotopic (exact) mass is 328 g/mol.